The molecule has 0 radical (unpaired) electrons. The van der Waals surface area contributed by atoms with Crippen LogP contribution in [0.5, 0.6) is 0 Å². The van der Waals surface area contributed by atoms with Gasteiger partial charge in [-0.25, -0.2) is 8.42 Å². The lowest BCUT2D eigenvalue weighted by Crippen LogP contribution is -2.39. The van der Waals surface area contributed by atoms with Crippen LogP contribution in [-0.2, 0) is 14.6 Å². The van der Waals surface area contributed by atoms with E-state index >= 15 is 0 Å². The molecule has 2 unspecified atom stereocenters. The van der Waals surface area contributed by atoms with Crippen molar-refractivity contribution in [3.8, 4) is 0 Å². The molecule has 5 nitrogen and oxygen atoms in total. The Kier molecular flexibility index (Phi) is 5.15. The molecule has 0 amide bonds. The second-order valence-corrected chi connectivity index (χ2v) is 7.11. The molecule has 0 fully saturated rings. The highest BCUT2D eigenvalue weighted by Gasteiger charge is 2.30. The van der Waals surface area contributed by atoms with Crippen molar-refractivity contribution in [2.45, 2.75) is 29.8 Å². The average Bonchev–Trinajstić information content (AvgIpc) is 2.43. The SMILES string of the molecule is COCC(CCO)NC1CCS(=O)(=O)c2ccccc21. The summed E-state index contributed by atoms with van der Waals surface area (Å²) in [5.74, 6) is 0.153. The van der Waals surface area contributed by atoms with Gasteiger partial charge < -0.3 is 15.2 Å². The summed E-state index contributed by atoms with van der Waals surface area (Å²) in [6.07, 6.45) is 1.13. The highest BCUT2D eigenvalue weighted by atomic mass is 32.2. The number of nitrogens with one attached hydrogen (secondary N) is 1. The van der Waals surface area contributed by atoms with Gasteiger partial charge in [-0.2, -0.15) is 0 Å². The Morgan fingerprint density at radius 3 is 2.90 bits per heavy atom. The van der Waals surface area contributed by atoms with Crippen molar-refractivity contribution >= 4 is 9.84 Å². The minimum Gasteiger partial charge on any atom is -0.396 e. The molecule has 1 aliphatic rings. The molecule has 0 bridgehead atoms. The van der Waals surface area contributed by atoms with E-state index in [1.54, 1.807) is 19.2 Å². The summed E-state index contributed by atoms with van der Waals surface area (Å²) in [4.78, 5) is 0.420. The van der Waals surface area contributed by atoms with Crippen molar-refractivity contribution in [3.63, 3.8) is 0 Å². The van der Waals surface area contributed by atoms with E-state index in [1.165, 1.54) is 0 Å². The lowest BCUT2D eigenvalue weighted by atomic mass is 10.0. The first-order valence-corrected chi connectivity index (χ1v) is 8.41. The van der Waals surface area contributed by atoms with Crippen molar-refractivity contribution < 1.29 is 18.3 Å². The normalized spacial score (nSPS) is 22.2. The van der Waals surface area contributed by atoms with Crippen LogP contribution in [0.4, 0.5) is 0 Å². The predicted molar refractivity (Wildman–Crippen MR) is 76.4 cm³/mol. The van der Waals surface area contributed by atoms with E-state index in [9.17, 15) is 8.42 Å². The molecular formula is C14H21NO4S. The molecule has 1 aromatic carbocycles. The fourth-order valence-corrected chi connectivity index (χ4v) is 4.24. The second kappa shape index (κ2) is 6.67. The number of fused-ring (bicyclic) bond motifs is 1. The number of ether oxygens (including phenoxy) is 1. The number of hydrogen-bond acceptors (Lipinski definition) is 5. The molecule has 112 valence electrons. The Morgan fingerprint density at radius 1 is 1.45 bits per heavy atom. The molecule has 2 rings (SSSR count). The minimum absolute atomic E-state index is 0.0126. The van der Waals surface area contributed by atoms with E-state index < -0.39 is 9.84 Å². The number of aliphatic hydroxyl groups excluding tert-OH is 1. The first-order valence-electron chi connectivity index (χ1n) is 6.76. The van der Waals surface area contributed by atoms with E-state index in [0.29, 0.717) is 24.3 Å². The first kappa shape index (κ1) is 15.4. The highest BCUT2D eigenvalue weighted by molar-refractivity contribution is 7.91. The van der Waals surface area contributed by atoms with Gasteiger partial charge in [0.15, 0.2) is 9.84 Å². The number of hydrogen-bond donors (Lipinski definition) is 2. The van der Waals surface area contributed by atoms with E-state index in [-0.39, 0.29) is 24.4 Å². The molecule has 0 spiro atoms. The Hall–Kier alpha value is -0.950. The van der Waals surface area contributed by atoms with Gasteiger partial charge in [0.1, 0.15) is 0 Å². The van der Waals surface area contributed by atoms with E-state index in [2.05, 4.69) is 5.32 Å². The largest absolute Gasteiger partial charge is 0.396 e. The molecule has 1 aromatic rings. The summed E-state index contributed by atoms with van der Waals surface area (Å²) in [7, 11) is -1.54. The lowest BCUT2D eigenvalue weighted by molar-refractivity contribution is 0.141. The number of sulfone groups is 1. The fraction of sp³-hybridized carbons (Fsp3) is 0.571. The van der Waals surface area contributed by atoms with E-state index in [0.717, 1.165) is 5.56 Å². The molecule has 20 heavy (non-hydrogen) atoms. The van der Waals surface area contributed by atoms with Crippen LogP contribution in [0.2, 0.25) is 0 Å². The zero-order valence-electron chi connectivity index (χ0n) is 11.6. The predicted octanol–water partition coefficient (Wildman–Crippen LogP) is 0.892. The fourth-order valence-electron chi connectivity index (χ4n) is 2.62. The summed E-state index contributed by atoms with van der Waals surface area (Å²) >= 11 is 0. The van der Waals surface area contributed by atoms with Gasteiger partial charge in [-0.1, -0.05) is 18.2 Å². The number of rotatable bonds is 6. The quantitative estimate of drug-likeness (QED) is 0.816. The Balaban J connectivity index is 2.22. The van der Waals surface area contributed by atoms with Crippen LogP contribution in [0.1, 0.15) is 24.4 Å². The van der Waals surface area contributed by atoms with Crippen molar-refractivity contribution in [2.75, 3.05) is 26.1 Å². The number of benzene rings is 1. The Bertz CT molecular complexity index is 538. The number of aliphatic hydroxyl groups is 1. The summed E-state index contributed by atoms with van der Waals surface area (Å²) < 4.78 is 29.3. The summed E-state index contributed by atoms with van der Waals surface area (Å²) in [5.41, 5.74) is 0.817. The molecule has 0 aromatic heterocycles. The van der Waals surface area contributed by atoms with Crippen molar-refractivity contribution in [1.82, 2.24) is 5.32 Å². The van der Waals surface area contributed by atoms with Crippen LogP contribution >= 0.6 is 0 Å². The summed E-state index contributed by atoms with van der Waals surface area (Å²) in [6, 6.07) is 7.12. The maximum atomic E-state index is 12.1. The highest BCUT2D eigenvalue weighted by Crippen LogP contribution is 2.32. The molecule has 0 aliphatic carbocycles. The summed E-state index contributed by atoms with van der Waals surface area (Å²) in [6.45, 7) is 0.569. The van der Waals surface area contributed by atoms with Gasteiger partial charge >= 0.3 is 0 Å². The molecule has 6 heteroatoms. The number of methoxy groups -OCH3 is 1. The summed E-state index contributed by atoms with van der Waals surface area (Å²) in [5, 5.41) is 12.5. The van der Waals surface area contributed by atoms with Gasteiger partial charge in [0.25, 0.3) is 0 Å². The molecular weight excluding hydrogens is 278 g/mol. The van der Waals surface area contributed by atoms with Gasteiger partial charge in [0, 0.05) is 25.8 Å². The topological polar surface area (TPSA) is 75.6 Å². The van der Waals surface area contributed by atoms with E-state index in [4.69, 9.17) is 9.84 Å². The molecule has 1 aliphatic heterocycles. The zero-order chi connectivity index (χ0) is 14.6. The molecule has 2 N–H and O–H groups in total. The molecule has 1 heterocycles. The van der Waals surface area contributed by atoms with Gasteiger partial charge in [0.2, 0.25) is 0 Å². The smallest absolute Gasteiger partial charge is 0.178 e. The maximum absolute atomic E-state index is 12.1. The van der Waals surface area contributed by atoms with Crippen LogP contribution in [0.25, 0.3) is 0 Å². The van der Waals surface area contributed by atoms with Crippen LogP contribution in [0.3, 0.4) is 0 Å². The standard InChI is InChI=1S/C14H21NO4S/c1-19-10-11(6-8-16)15-13-7-9-20(17,18)14-5-3-2-4-12(13)14/h2-5,11,13,15-16H,6-10H2,1H3. The van der Waals surface area contributed by atoms with Gasteiger partial charge in [0.05, 0.1) is 17.3 Å². The first-order chi connectivity index (χ1) is 9.58. The molecule has 0 saturated carbocycles. The zero-order valence-corrected chi connectivity index (χ0v) is 12.4. The Morgan fingerprint density at radius 2 is 2.20 bits per heavy atom. The van der Waals surface area contributed by atoms with Crippen molar-refractivity contribution in [1.29, 1.82) is 0 Å². The third-order valence-electron chi connectivity index (χ3n) is 3.59. The maximum Gasteiger partial charge on any atom is 0.178 e. The second-order valence-electron chi connectivity index (χ2n) is 5.03. The molecule has 0 saturated heterocycles. The van der Waals surface area contributed by atoms with Crippen LogP contribution < -0.4 is 5.32 Å². The third-order valence-corrected chi connectivity index (χ3v) is 5.40. The average molecular weight is 299 g/mol. The van der Waals surface area contributed by atoms with Crippen molar-refractivity contribution in [3.05, 3.63) is 29.8 Å². The molecule has 2 atom stereocenters. The van der Waals surface area contributed by atoms with Gasteiger partial charge in [-0.3, -0.25) is 0 Å². The van der Waals surface area contributed by atoms with Crippen LogP contribution in [0.15, 0.2) is 29.2 Å². The van der Waals surface area contributed by atoms with Gasteiger partial charge in [-0.05, 0) is 24.5 Å². The minimum atomic E-state index is -3.16. The van der Waals surface area contributed by atoms with Gasteiger partial charge in [-0.15, -0.1) is 0 Å². The lowest BCUT2D eigenvalue weighted by Gasteiger charge is -2.30. The van der Waals surface area contributed by atoms with Crippen molar-refractivity contribution in [2.24, 2.45) is 0 Å². The monoisotopic (exact) mass is 299 g/mol. The Labute approximate surface area is 119 Å². The van der Waals surface area contributed by atoms with Crippen LogP contribution in [-0.4, -0.2) is 45.6 Å². The third kappa shape index (κ3) is 3.38. The van der Waals surface area contributed by atoms with E-state index in [1.807, 2.05) is 12.1 Å². The van der Waals surface area contributed by atoms with Crippen LogP contribution in [0, 0.1) is 0 Å².